The molecule has 0 saturated heterocycles. The maximum Gasteiger partial charge on any atom is 0.331 e. The number of benzene rings is 1. The van der Waals surface area contributed by atoms with E-state index < -0.39 is 5.97 Å². The molecule has 0 saturated carbocycles. The van der Waals surface area contributed by atoms with Gasteiger partial charge in [-0.1, -0.05) is 38.0 Å². The van der Waals surface area contributed by atoms with Gasteiger partial charge >= 0.3 is 5.97 Å². The number of hydrogen-bond acceptors (Lipinski definition) is 3. The van der Waals surface area contributed by atoms with E-state index in [2.05, 4.69) is 13.5 Å². The largest absolute Gasteiger partial charge is 0.507 e. The lowest BCUT2D eigenvalue weighted by Gasteiger charge is -2.31. The minimum absolute atomic E-state index is 0.00541. The predicted molar refractivity (Wildman–Crippen MR) is 99.0 cm³/mol. The molecular weight excluding hydrogens is 316 g/mol. The van der Waals surface area contributed by atoms with E-state index in [4.69, 9.17) is 0 Å². The second kappa shape index (κ2) is 8.24. The van der Waals surface area contributed by atoms with Gasteiger partial charge in [0.2, 0.25) is 0 Å². The molecule has 1 aliphatic carbocycles. The van der Waals surface area contributed by atoms with Crippen molar-refractivity contribution in [2.45, 2.75) is 58.3 Å². The third-order valence-corrected chi connectivity index (χ3v) is 5.05. The van der Waals surface area contributed by atoms with Crippen LogP contribution in [-0.4, -0.2) is 21.3 Å². The van der Waals surface area contributed by atoms with Gasteiger partial charge in [0.15, 0.2) is 0 Å². The van der Waals surface area contributed by atoms with Gasteiger partial charge in [0.1, 0.15) is 11.5 Å². The van der Waals surface area contributed by atoms with Crippen molar-refractivity contribution in [1.82, 2.24) is 0 Å². The molecule has 3 N–H and O–H groups in total. The van der Waals surface area contributed by atoms with Crippen LogP contribution >= 0.6 is 0 Å². The van der Waals surface area contributed by atoms with E-state index in [1.165, 1.54) is 0 Å². The molecule has 1 aliphatic rings. The Kier molecular flexibility index (Phi) is 6.29. The topological polar surface area (TPSA) is 77.8 Å². The molecule has 0 spiro atoms. The zero-order valence-electron chi connectivity index (χ0n) is 15.1. The van der Waals surface area contributed by atoms with E-state index >= 15 is 0 Å². The summed E-state index contributed by atoms with van der Waals surface area (Å²) in [6.07, 6.45) is 6.82. The molecule has 25 heavy (non-hydrogen) atoms. The number of carboxylic acids is 1. The van der Waals surface area contributed by atoms with Crippen LogP contribution in [0.1, 0.15) is 63.0 Å². The number of carbonyl (C=O) groups is 1. The van der Waals surface area contributed by atoms with Gasteiger partial charge in [-0.3, -0.25) is 0 Å². The van der Waals surface area contributed by atoms with Gasteiger partial charge in [-0.15, -0.1) is 0 Å². The van der Waals surface area contributed by atoms with Gasteiger partial charge in [-0.05, 0) is 56.2 Å². The summed E-state index contributed by atoms with van der Waals surface area (Å²) >= 11 is 0. The van der Waals surface area contributed by atoms with Crippen molar-refractivity contribution in [3.05, 3.63) is 47.1 Å². The predicted octanol–water partition coefficient (Wildman–Crippen LogP) is 4.91. The van der Waals surface area contributed by atoms with Crippen molar-refractivity contribution in [2.24, 2.45) is 5.92 Å². The Morgan fingerprint density at radius 2 is 1.88 bits per heavy atom. The molecule has 4 heteroatoms. The third kappa shape index (κ3) is 4.44. The fourth-order valence-corrected chi connectivity index (χ4v) is 3.67. The molecule has 4 nitrogen and oxygen atoms in total. The number of carboxylic acid groups (broad SMARTS) is 1. The molecule has 2 rings (SSSR count). The van der Waals surface area contributed by atoms with Crippen molar-refractivity contribution in [3.63, 3.8) is 0 Å². The SMILES string of the molecule is C=C(C)C1CCC(C(=O)O)=CC1c1c(O)cc(CCCCC)cc1O. The van der Waals surface area contributed by atoms with Crippen LogP contribution in [0.15, 0.2) is 35.9 Å². The Labute approximate surface area is 149 Å². The molecule has 0 aliphatic heterocycles. The van der Waals surface area contributed by atoms with E-state index in [0.29, 0.717) is 24.0 Å². The zero-order valence-corrected chi connectivity index (χ0v) is 15.1. The van der Waals surface area contributed by atoms with E-state index in [1.54, 1.807) is 18.2 Å². The van der Waals surface area contributed by atoms with E-state index in [0.717, 1.165) is 36.8 Å². The smallest absolute Gasteiger partial charge is 0.331 e. The van der Waals surface area contributed by atoms with Crippen LogP contribution in [0, 0.1) is 5.92 Å². The highest BCUT2D eigenvalue weighted by molar-refractivity contribution is 5.87. The van der Waals surface area contributed by atoms with Crippen molar-refractivity contribution in [2.75, 3.05) is 0 Å². The van der Waals surface area contributed by atoms with Crippen molar-refractivity contribution in [1.29, 1.82) is 0 Å². The zero-order chi connectivity index (χ0) is 18.6. The lowest BCUT2D eigenvalue weighted by Crippen LogP contribution is -2.20. The molecule has 0 amide bonds. The number of allylic oxidation sites excluding steroid dienone is 2. The Hall–Kier alpha value is -2.23. The number of hydrogen-bond donors (Lipinski definition) is 3. The molecule has 0 fully saturated rings. The quantitative estimate of drug-likeness (QED) is 0.485. The number of rotatable bonds is 7. The van der Waals surface area contributed by atoms with Crippen LogP contribution < -0.4 is 0 Å². The molecule has 1 aromatic rings. The molecule has 1 aromatic carbocycles. The van der Waals surface area contributed by atoms with E-state index in [1.807, 2.05) is 6.92 Å². The summed E-state index contributed by atoms with van der Waals surface area (Å²) in [6, 6.07) is 3.40. The molecule has 136 valence electrons. The molecule has 2 unspecified atom stereocenters. The molecule has 0 heterocycles. The average Bonchev–Trinajstić information content (AvgIpc) is 2.54. The van der Waals surface area contributed by atoms with Gasteiger partial charge < -0.3 is 15.3 Å². The third-order valence-electron chi connectivity index (χ3n) is 5.05. The number of aryl methyl sites for hydroxylation is 1. The summed E-state index contributed by atoms with van der Waals surface area (Å²) < 4.78 is 0. The molecule has 2 atom stereocenters. The first-order valence-corrected chi connectivity index (χ1v) is 8.99. The van der Waals surface area contributed by atoms with Crippen molar-refractivity contribution < 1.29 is 20.1 Å². The molecule has 0 aromatic heterocycles. The van der Waals surface area contributed by atoms with Crippen LogP contribution in [0.2, 0.25) is 0 Å². The van der Waals surface area contributed by atoms with Crippen LogP contribution in [-0.2, 0) is 11.2 Å². The van der Waals surface area contributed by atoms with Crippen LogP contribution in [0.4, 0.5) is 0 Å². The first-order valence-electron chi connectivity index (χ1n) is 8.99. The van der Waals surface area contributed by atoms with Crippen molar-refractivity contribution in [3.8, 4) is 11.5 Å². The second-order valence-corrected chi connectivity index (χ2v) is 7.02. The highest BCUT2D eigenvalue weighted by Gasteiger charge is 2.32. The summed E-state index contributed by atoms with van der Waals surface area (Å²) in [5.74, 6) is -1.25. The maximum absolute atomic E-state index is 11.4. The minimum atomic E-state index is -0.944. The summed E-state index contributed by atoms with van der Waals surface area (Å²) in [5, 5.41) is 30.4. The summed E-state index contributed by atoms with van der Waals surface area (Å²) in [7, 11) is 0. The van der Waals surface area contributed by atoms with Gasteiger partial charge in [0, 0.05) is 17.1 Å². The van der Waals surface area contributed by atoms with Gasteiger partial charge in [0.25, 0.3) is 0 Å². The van der Waals surface area contributed by atoms with Crippen LogP contribution in [0.3, 0.4) is 0 Å². The Bertz CT molecular complexity index is 664. The average molecular weight is 344 g/mol. The number of phenols is 2. The Morgan fingerprint density at radius 1 is 1.24 bits per heavy atom. The van der Waals surface area contributed by atoms with Gasteiger partial charge in [-0.2, -0.15) is 0 Å². The monoisotopic (exact) mass is 344 g/mol. The second-order valence-electron chi connectivity index (χ2n) is 7.02. The lowest BCUT2D eigenvalue weighted by atomic mass is 9.73. The van der Waals surface area contributed by atoms with Gasteiger partial charge in [0.05, 0.1) is 0 Å². The molecule has 0 bridgehead atoms. The first-order chi connectivity index (χ1) is 11.8. The van der Waals surface area contributed by atoms with E-state index in [-0.39, 0.29) is 23.3 Å². The number of aliphatic carboxylic acids is 1. The van der Waals surface area contributed by atoms with Crippen LogP contribution in [0.5, 0.6) is 11.5 Å². The fourth-order valence-electron chi connectivity index (χ4n) is 3.67. The maximum atomic E-state index is 11.4. The number of phenolic OH excluding ortho intramolecular Hbond substituents is 2. The Balaban J connectivity index is 2.40. The number of aromatic hydroxyl groups is 2. The van der Waals surface area contributed by atoms with Crippen molar-refractivity contribution >= 4 is 5.97 Å². The van der Waals surface area contributed by atoms with Crippen LogP contribution in [0.25, 0.3) is 0 Å². The fraction of sp³-hybridized carbons (Fsp3) is 0.476. The highest BCUT2D eigenvalue weighted by atomic mass is 16.4. The molecule has 0 radical (unpaired) electrons. The lowest BCUT2D eigenvalue weighted by molar-refractivity contribution is -0.133. The van der Waals surface area contributed by atoms with E-state index in [9.17, 15) is 20.1 Å². The summed E-state index contributed by atoms with van der Waals surface area (Å²) in [4.78, 5) is 11.4. The standard InChI is InChI=1S/C21H28O4/c1-4-5-6-7-14-10-18(22)20(19(23)11-14)17-12-15(21(24)25)8-9-16(17)13(2)3/h10-12,16-17,22-23H,2,4-9H2,1,3H3,(H,24,25). The summed E-state index contributed by atoms with van der Waals surface area (Å²) in [5.41, 5.74) is 2.56. The van der Waals surface area contributed by atoms with Gasteiger partial charge in [-0.25, -0.2) is 4.79 Å². The molecular formula is C21H28O4. The highest BCUT2D eigenvalue weighted by Crippen LogP contribution is 2.46. The summed E-state index contributed by atoms with van der Waals surface area (Å²) in [6.45, 7) is 8.05. The Morgan fingerprint density at radius 3 is 2.40 bits per heavy atom. The normalized spacial score (nSPS) is 20.2. The minimum Gasteiger partial charge on any atom is -0.507 e. The number of unbranched alkanes of at least 4 members (excludes halogenated alkanes) is 2. The first kappa shape index (κ1) is 19.1.